The lowest BCUT2D eigenvalue weighted by atomic mass is 10.0. The van der Waals surface area contributed by atoms with Crippen LogP contribution in [-0.2, 0) is 32.7 Å². The molecule has 0 aliphatic carbocycles. The summed E-state index contributed by atoms with van der Waals surface area (Å²) in [6.45, 7) is 4.19. The fourth-order valence-electron chi connectivity index (χ4n) is 10.2. The van der Waals surface area contributed by atoms with E-state index in [4.69, 9.17) is 18.5 Å². The minimum absolute atomic E-state index is 0.0200. The predicted octanol–water partition coefficient (Wildman–Crippen LogP) is 26.4. The van der Waals surface area contributed by atoms with Gasteiger partial charge in [-0.2, -0.15) is 0 Å². The van der Waals surface area contributed by atoms with Gasteiger partial charge in [0.05, 0.1) is 27.7 Å². The van der Waals surface area contributed by atoms with Crippen LogP contribution >= 0.6 is 7.82 Å². The first-order valence-corrected chi connectivity index (χ1v) is 40.7. The smallest absolute Gasteiger partial charge is 0.462 e. The Bertz CT molecular complexity index is 2360. The molecule has 0 aliphatic heterocycles. The third-order valence-electron chi connectivity index (χ3n) is 16.1. The number of hydrogen-bond donors (Lipinski definition) is 1. The SMILES string of the molecule is CC/C=C\C/C=C\C/C=C\C/C=C\C/C=C\C/C=C\C/C=C\C/C=C\C/C=C\C/C=C\CCCCCCCCC(=O)OC(COC(=O)CCCCCCCCCCCCCCCCCCCC/C=C\C/C=C\C/C=C\C/C=C\C/C=C\C/C=C\CC)COP(=O)(O)OCC[N+](C)(C)C. The van der Waals surface area contributed by atoms with E-state index < -0.39 is 26.5 Å². The summed E-state index contributed by atoms with van der Waals surface area (Å²) in [7, 11) is 1.45. The Labute approximate surface area is 603 Å². The van der Waals surface area contributed by atoms with Gasteiger partial charge < -0.3 is 18.9 Å². The molecule has 9 nitrogen and oxygen atoms in total. The van der Waals surface area contributed by atoms with Crippen LogP contribution in [0.5, 0.6) is 0 Å². The Balaban J connectivity index is 4.08. The van der Waals surface area contributed by atoms with E-state index in [2.05, 4.69) is 208 Å². The van der Waals surface area contributed by atoms with Gasteiger partial charge in [-0.1, -0.05) is 337 Å². The van der Waals surface area contributed by atoms with E-state index in [9.17, 15) is 19.0 Å². The Morgan fingerprint density at radius 2 is 0.551 bits per heavy atom. The van der Waals surface area contributed by atoms with Crippen LogP contribution in [0.15, 0.2) is 194 Å². The number of likely N-dealkylation sites (N-methyl/N-ethyl adjacent to an activating group) is 1. The van der Waals surface area contributed by atoms with Crippen LogP contribution in [0, 0.1) is 0 Å². The topological polar surface area (TPSA) is 108 Å². The second-order valence-corrected chi connectivity index (χ2v) is 28.1. The quantitative estimate of drug-likeness (QED) is 0.0211. The van der Waals surface area contributed by atoms with Gasteiger partial charge in [-0.05, 0) is 141 Å². The van der Waals surface area contributed by atoms with Crippen molar-refractivity contribution in [3.63, 3.8) is 0 Å². The molecular formula is C88H145NO8P+. The zero-order chi connectivity index (χ0) is 71.1. The zero-order valence-corrected chi connectivity index (χ0v) is 64.1. The van der Waals surface area contributed by atoms with Gasteiger partial charge in [-0.15, -0.1) is 0 Å². The lowest BCUT2D eigenvalue weighted by molar-refractivity contribution is -0.870. The second-order valence-electron chi connectivity index (χ2n) is 26.6. The van der Waals surface area contributed by atoms with Crippen molar-refractivity contribution < 1.29 is 42.1 Å². The molecule has 0 saturated carbocycles. The molecule has 0 aromatic carbocycles. The van der Waals surface area contributed by atoms with Crippen molar-refractivity contribution in [1.82, 2.24) is 0 Å². The zero-order valence-electron chi connectivity index (χ0n) is 63.2. The fraction of sp³-hybridized carbons (Fsp3) is 0.614. The highest BCUT2D eigenvalue weighted by Gasteiger charge is 2.27. The lowest BCUT2D eigenvalue weighted by Crippen LogP contribution is -2.37. The average Bonchev–Trinajstić information content (AvgIpc) is 1.08. The molecule has 0 fully saturated rings. The summed E-state index contributed by atoms with van der Waals surface area (Å²) in [5, 5.41) is 0. The minimum Gasteiger partial charge on any atom is -0.462 e. The second kappa shape index (κ2) is 76.0. The minimum atomic E-state index is -4.41. The molecule has 0 aromatic heterocycles. The van der Waals surface area contributed by atoms with E-state index in [-0.39, 0.29) is 32.0 Å². The van der Waals surface area contributed by atoms with Crippen molar-refractivity contribution in [2.45, 2.75) is 302 Å². The molecule has 0 spiro atoms. The molecule has 98 heavy (non-hydrogen) atoms. The van der Waals surface area contributed by atoms with Crippen LogP contribution < -0.4 is 0 Å². The van der Waals surface area contributed by atoms with E-state index >= 15 is 0 Å². The Kier molecular flexibility index (Phi) is 72.0. The summed E-state index contributed by atoms with van der Waals surface area (Å²) in [5.41, 5.74) is 0. The van der Waals surface area contributed by atoms with Crippen molar-refractivity contribution in [3.05, 3.63) is 194 Å². The number of quaternary nitrogens is 1. The number of carbonyl (C=O) groups excluding carboxylic acids is 2. The lowest BCUT2D eigenvalue weighted by Gasteiger charge is -2.24. The van der Waals surface area contributed by atoms with Crippen molar-refractivity contribution >= 4 is 19.8 Å². The number of ether oxygens (including phenoxy) is 2. The summed E-state index contributed by atoms with van der Waals surface area (Å²) in [6, 6.07) is 0. The molecule has 0 heterocycles. The molecule has 2 atom stereocenters. The third-order valence-corrected chi connectivity index (χ3v) is 17.1. The molecule has 10 heteroatoms. The monoisotopic (exact) mass is 1380 g/mol. The first-order valence-electron chi connectivity index (χ1n) is 39.2. The summed E-state index contributed by atoms with van der Waals surface area (Å²) < 4.78 is 34.8. The molecule has 0 amide bonds. The van der Waals surface area contributed by atoms with Gasteiger partial charge in [0.1, 0.15) is 19.8 Å². The van der Waals surface area contributed by atoms with Crippen LogP contribution in [0.4, 0.5) is 0 Å². The van der Waals surface area contributed by atoms with Crippen LogP contribution in [-0.4, -0.2) is 74.9 Å². The molecule has 0 saturated heterocycles. The average molecular weight is 1380 g/mol. The van der Waals surface area contributed by atoms with Crippen LogP contribution in [0.2, 0.25) is 0 Å². The molecule has 554 valence electrons. The Morgan fingerprint density at radius 3 is 0.816 bits per heavy atom. The van der Waals surface area contributed by atoms with Gasteiger partial charge >= 0.3 is 19.8 Å². The summed E-state index contributed by atoms with van der Waals surface area (Å²) in [4.78, 5) is 36.0. The van der Waals surface area contributed by atoms with Gasteiger partial charge in [0.2, 0.25) is 0 Å². The van der Waals surface area contributed by atoms with E-state index in [0.29, 0.717) is 17.4 Å². The largest absolute Gasteiger partial charge is 0.472 e. The first-order chi connectivity index (χ1) is 48.0. The van der Waals surface area contributed by atoms with Gasteiger partial charge in [0, 0.05) is 12.8 Å². The summed E-state index contributed by atoms with van der Waals surface area (Å²) >= 11 is 0. The number of carbonyl (C=O) groups is 2. The molecule has 0 radical (unpaired) electrons. The normalized spacial score (nSPS) is 14.1. The van der Waals surface area contributed by atoms with E-state index in [1.807, 2.05) is 21.1 Å². The molecular weight excluding hydrogens is 1230 g/mol. The van der Waals surface area contributed by atoms with Crippen molar-refractivity contribution in [3.8, 4) is 0 Å². The standard InChI is InChI=1S/C88H144NO8P/c1-6-8-10-12-14-16-18-20-22-24-26-28-30-32-34-36-38-40-42-44-46-48-50-52-54-56-58-60-62-64-66-68-70-72-74-76-78-80-87(90)94-84-86(85-96-98(92,93)95-83-82-89(3,4)5)97-88(91)81-79-77-75-73-71-69-67-65-63-61-59-57-55-53-51-49-47-45-43-41-39-37-35-33-31-29-27-25-23-21-19-17-15-13-11-9-7-2/h8-11,14-17,20-23,26-29,32-35,38-41,45,47,51,53,57,59,63,65,86H,6-7,12-13,18-19,24-25,30-31,36-37,42-44,46,48-50,52,54-56,58,60-62,64,66-85H2,1-5H3/p+1/b10-8-,11-9-,16-14-,17-15-,22-20-,23-21-,28-26-,29-27-,34-32-,35-33-,40-38-,41-39-,47-45-,53-51-,59-57-,65-63-. The van der Waals surface area contributed by atoms with Crippen LogP contribution in [0.1, 0.15) is 296 Å². The highest BCUT2D eigenvalue weighted by atomic mass is 31.2. The first kappa shape index (κ1) is 92.8. The number of allylic oxidation sites excluding steroid dienone is 32. The maximum absolute atomic E-state index is 12.9. The summed E-state index contributed by atoms with van der Waals surface area (Å²) in [6.07, 6.45) is 118. The maximum atomic E-state index is 12.9. The van der Waals surface area contributed by atoms with Gasteiger partial charge in [-0.3, -0.25) is 18.6 Å². The summed E-state index contributed by atoms with van der Waals surface area (Å²) in [5.74, 6) is -0.819. The number of phosphoric ester groups is 1. The number of phosphoric acid groups is 1. The van der Waals surface area contributed by atoms with Gasteiger partial charge in [0.15, 0.2) is 6.10 Å². The van der Waals surface area contributed by atoms with E-state index in [0.717, 1.165) is 161 Å². The molecule has 0 aliphatic rings. The fourth-order valence-corrected chi connectivity index (χ4v) is 11.0. The van der Waals surface area contributed by atoms with Gasteiger partial charge in [-0.25, -0.2) is 4.57 Å². The van der Waals surface area contributed by atoms with Crippen molar-refractivity contribution in [2.75, 3.05) is 47.5 Å². The van der Waals surface area contributed by atoms with Crippen LogP contribution in [0.3, 0.4) is 0 Å². The maximum Gasteiger partial charge on any atom is 0.472 e. The predicted molar refractivity (Wildman–Crippen MR) is 426 cm³/mol. The van der Waals surface area contributed by atoms with Gasteiger partial charge in [0.25, 0.3) is 0 Å². The molecule has 0 bridgehead atoms. The Morgan fingerprint density at radius 1 is 0.316 bits per heavy atom. The van der Waals surface area contributed by atoms with Crippen molar-refractivity contribution in [2.24, 2.45) is 0 Å². The number of esters is 2. The molecule has 0 aromatic rings. The van der Waals surface area contributed by atoms with E-state index in [1.165, 1.54) is 103 Å². The molecule has 2 unspecified atom stereocenters. The van der Waals surface area contributed by atoms with Crippen LogP contribution in [0.25, 0.3) is 0 Å². The van der Waals surface area contributed by atoms with E-state index in [1.54, 1.807) is 0 Å². The third kappa shape index (κ3) is 79.8. The molecule has 0 rings (SSSR count). The number of rotatable bonds is 70. The number of nitrogens with zero attached hydrogens (tertiary/aromatic N) is 1. The van der Waals surface area contributed by atoms with Crippen molar-refractivity contribution in [1.29, 1.82) is 0 Å². The number of unbranched alkanes of at least 4 members (excludes halogenated alkanes) is 24. The highest BCUT2D eigenvalue weighted by Crippen LogP contribution is 2.43. The Hall–Kier alpha value is -5.15. The number of hydrogen-bond acceptors (Lipinski definition) is 7. The highest BCUT2D eigenvalue weighted by molar-refractivity contribution is 7.47. The molecule has 1 N–H and O–H groups in total.